The average Bonchev–Trinajstić information content (AvgIpc) is 2.84. The van der Waals surface area contributed by atoms with Crippen molar-refractivity contribution in [2.24, 2.45) is 0 Å². The second-order valence-corrected chi connectivity index (χ2v) is 8.20. The fraction of sp³-hybridized carbons (Fsp3) is 0.185. The van der Waals surface area contributed by atoms with Gasteiger partial charge in [-0.1, -0.05) is 42.5 Å². The summed E-state index contributed by atoms with van der Waals surface area (Å²) in [6, 6.07) is 21.3. The van der Waals surface area contributed by atoms with Crippen molar-refractivity contribution in [1.82, 2.24) is 9.97 Å². The minimum Gasteiger partial charge on any atom is -0.461 e. The van der Waals surface area contributed by atoms with E-state index in [9.17, 15) is 9.59 Å². The number of aromatic nitrogens is 2. The highest BCUT2D eigenvalue weighted by molar-refractivity contribution is 6.06. The first kappa shape index (κ1) is 22.9. The lowest BCUT2D eigenvalue weighted by molar-refractivity contribution is -0.142. The number of esters is 1. The molecule has 0 spiro atoms. The molecule has 0 bridgehead atoms. The van der Waals surface area contributed by atoms with Crippen LogP contribution in [0.4, 0.5) is 11.5 Å². The molecule has 0 aliphatic heterocycles. The first-order valence-electron chi connectivity index (χ1n) is 10.9. The van der Waals surface area contributed by atoms with Gasteiger partial charge in [0, 0.05) is 44.9 Å². The van der Waals surface area contributed by atoms with E-state index in [1.54, 1.807) is 6.20 Å². The number of benzene rings is 3. The molecule has 7 heteroatoms. The Morgan fingerprint density at radius 1 is 0.971 bits per heavy atom. The van der Waals surface area contributed by atoms with Crippen LogP contribution in [0.25, 0.3) is 10.8 Å². The third kappa shape index (κ3) is 5.56. The molecule has 0 aliphatic rings. The summed E-state index contributed by atoms with van der Waals surface area (Å²) in [5.41, 5.74) is 3.09. The molecule has 3 aromatic carbocycles. The number of anilines is 2. The van der Waals surface area contributed by atoms with Crippen molar-refractivity contribution in [2.75, 3.05) is 24.3 Å². The van der Waals surface area contributed by atoms with Crippen LogP contribution in [0.1, 0.15) is 34.2 Å². The van der Waals surface area contributed by atoms with E-state index in [4.69, 9.17) is 4.74 Å². The Morgan fingerprint density at radius 2 is 1.71 bits per heavy atom. The number of nitrogens with one attached hydrogen (secondary N) is 1. The smallest absolute Gasteiger partial charge is 0.302 e. The molecule has 1 aromatic heterocycles. The van der Waals surface area contributed by atoms with Gasteiger partial charge in [-0.2, -0.15) is 0 Å². The van der Waals surface area contributed by atoms with Crippen molar-refractivity contribution >= 4 is 34.2 Å². The van der Waals surface area contributed by atoms with Gasteiger partial charge in [-0.15, -0.1) is 0 Å². The molecular weight excluding hydrogens is 428 g/mol. The molecule has 34 heavy (non-hydrogen) atoms. The van der Waals surface area contributed by atoms with Crippen LogP contribution >= 0.6 is 0 Å². The molecule has 4 aromatic rings. The Bertz CT molecular complexity index is 1330. The predicted molar refractivity (Wildman–Crippen MR) is 133 cm³/mol. The number of rotatable bonds is 7. The summed E-state index contributed by atoms with van der Waals surface area (Å²) in [6.07, 6.45) is 2.23. The molecule has 0 saturated heterocycles. The maximum absolute atomic E-state index is 12.7. The van der Waals surface area contributed by atoms with Crippen molar-refractivity contribution < 1.29 is 14.3 Å². The van der Waals surface area contributed by atoms with Crippen LogP contribution < -0.4 is 10.2 Å². The minimum absolute atomic E-state index is 0.134. The standard InChI is InChI=1S/C27H26N4O3/c1-18(32)34-17-23-16-28-25(30-26(23)31(2)3)14-19-8-12-24(13-9-19)29-27(33)22-11-10-20-6-4-5-7-21(20)15-22/h4-13,15-16H,14,17H2,1-3H3,(H,29,33). The molecule has 1 N–H and O–H groups in total. The van der Waals surface area contributed by atoms with Crippen molar-refractivity contribution in [2.45, 2.75) is 20.0 Å². The Labute approximate surface area is 198 Å². The van der Waals surface area contributed by atoms with Crippen molar-refractivity contribution in [3.63, 3.8) is 0 Å². The number of fused-ring (bicyclic) bond motifs is 1. The molecule has 0 aliphatic carbocycles. The number of nitrogens with zero attached hydrogens (tertiary/aromatic N) is 3. The minimum atomic E-state index is -0.346. The summed E-state index contributed by atoms with van der Waals surface area (Å²) in [5, 5.41) is 5.08. The lowest BCUT2D eigenvalue weighted by Gasteiger charge is -2.16. The second kappa shape index (κ2) is 10.1. The Kier molecular flexibility index (Phi) is 6.82. The van der Waals surface area contributed by atoms with E-state index in [1.807, 2.05) is 85.7 Å². The molecule has 1 heterocycles. The van der Waals surface area contributed by atoms with Crippen LogP contribution in [0.2, 0.25) is 0 Å². The number of carbonyl (C=O) groups is 2. The van der Waals surface area contributed by atoms with E-state index in [-0.39, 0.29) is 18.5 Å². The summed E-state index contributed by atoms with van der Waals surface area (Å²) < 4.78 is 5.09. The Balaban J connectivity index is 1.43. The van der Waals surface area contributed by atoms with Crippen molar-refractivity contribution in [3.05, 3.63) is 95.4 Å². The van der Waals surface area contributed by atoms with E-state index in [0.717, 1.165) is 21.9 Å². The second-order valence-electron chi connectivity index (χ2n) is 8.20. The zero-order valence-electron chi connectivity index (χ0n) is 19.4. The fourth-order valence-corrected chi connectivity index (χ4v) is 3.61. The van der Waals surface area contributed by atoms with Gasteiger partial charge >= 0.3 is 5.97 Å². The summed E-state index contributed by atoms with van der Waals surface area (Å²) in [7, 11) is 3.77. The van der Waals surface area contributed by atoms with Gasteiger partial charge in [0.1, 0.15) is 18.2 Å². The summed E-state index contributed by atoms with van der Waals surface area (Å²) in [6.45, 7) is 1.51. The van der Waals surface area contributed by atoms with Gasteiger partial charge in [0.05, 0.1) is 5.56 Å². The van der Waals surface area contributed by atoms with E-state index in [2.05, 4.69) is 15.3 Å². The van der Waals surface area contributed by atoms with E-state index in [0.29, 0.717) is 29.3 Å². The van der Waals surface area contributed by atoms with Gasteiger partial charge in [-0.3, -0.25) is 9.59 Å². The average molecular weight is 455 g/mol. The normalized spacial score (nSPS) is 10.7. The van der Waals surface area contributed by atoms with Crippen LogP contribution in [-0.2, 0) is 22.6 Å². The van der Waals surface area contributed by atoms with Crippen LogP contribution in [0, 0.1) is 0 Å². The number of ether oxygens (including phenoxy) is 1. The monoisotopic (exact) mass is 454 g/mol. The highest BCUT2D eigenvalue weighted by Gasteiger charge is 2.12. The number of hydrogen-bond acceptors (Lipinski definition) is 6. The molecule has 7 nitrogen and oxygen atoms in total. The largest absolute Gasteiger partial charge is 0.461 e. The maximum atomic E-state index is 12.7. The molecule has 0 radical (unpaired) electrons. The van der Waals surface area contributed by atoms with Crippen molar-refractivity contribution in [3.8, 4) is 0 Å². The Hall–Kier alpha value is -4.26. The maximum Gasteiger partial charge on any atom is 0.302 e. The Morgan fingerprint density at radius 3 is 2.41 bits per heavy atom. The van der Waals surface area contributed by atoms with Gasteiger partial charge in [-0.25, -0.2) is 9.97 Å². The number of hydrogen-bond donors (Lipinski definition) is 1. The number of amides is 1. The molecule has 0 saturated carbocycles. The molecule has 0 fully saturated rings. The van der Waals surface area contributed by atoms with E-state index in [1.165, 1.54) is 6.92 Å². The predicted octanol–water partition coefficient (Wildman–Crippen LogP) is 4.60. The van der Waals surface area contributed by atoms with Crippen LogP contribution in [0.15, 0.2) is 72.9 Å². The van der Waals surface area contributed by atoms with E-state index >= 15 is 0 Å². The first-order valence-corrected chi connectivity index (χ1v) is 10.9. The fourth-order valence-electron chi connectivity index (χ4n) is 3.61. The van der Waals surface area contributed by atoms with Gasteiger partial charge in [0.2, 0.25) is 0 Å². The number of carbonyl (C=O) groups excluding carboxylic acids is 2. The summed E-state index contributed by atoms with van der Waals surface area (Å²) in [4.78, 5) is 34.8. The van der Waals surface area contributed by atoms with Gasteiger partial charge in [0.25, 0.3) is 5.91 Å². The highest BCUT2D eigenvalue weighted by Crippen LogP contribution is 2.20. The molecule has 0 atom stereocenters. The SMILES string of the molecule is CC(=O)OCc1cnc(Cc2ccc(NC(=O)c3ccc4ccccc4c3)cc2)nc1N(C)C. The molecule has 172 valence electrons. The molecule has 0 unspecified atom stereocenters. The van der Waals surface area contributed by atoms with Crippen LogP contribution in [-0.4, -0.2) is 35.9 Å². The van der Waals surface area contributed by atoms with Gasteiger partial charge in [0.15, 0.2) is 0 Å². The van der Waals surface area contributed by atoms with E-state index < -0.39 is 0 Å². The molecule has 4 rings (SSSR count). The zero-order chi connectivity index (χ0) is 24.1. The summed E-state index contributed by atoms with van der Waals surface area (Å²) >= 11 is 0. The van der Waals surface area contributed by atoms with Crippen molar-refractivity contribution in [1.29, 1.82) is 0 Å². The molecule has 1 amide bonds. The van der Waals surface area contributed by atoms with Gasteiger partial charge < -0.3 is 15.0 Å². The highest BCUT2D eigenvalue weighted by atomic mass is 16.5. The van der Waals surface area contributed by atoms with Crippen LogP contribution in [0.5, 0.6) is 0 Å². The van der Waals surface area contributed by atoms with Crippen LogP contribution in [0.3, 0.4) is 0 Å². The zero-order valence-corrected chi connectivity index (χ0v) is 19.4. The topological polar surface area (TPSA) is 84.4 Å². The quantitative estimate of drug-likeness (QED) is 0.411. The molecular formula is C27H26N4O3. The first-order chi connectivity index (χ1) is 16.4. The summed E-state index contributed by atoms with van der Waals surface area (Å²) in [5.74, 6) is 0.871. The van der Waals surface area contributed by atoms with Gasteiger partial charge in [-0.05, 0) is 40.6 Å². The third-order valence-corrected chi connectivity index (χ3v) is 5.33. The third-order valence-electron chi connectivity index (χ3n) is 5.33. The lowest BCUT2D eigenvalue weighted by Crippen LogP contribution is -2.16. The lowest BCUT2D eigenvalue weighted by atomic mass is 10.1.